The van der Waals surface area contributed by atoms with Gasteiger partial charge in [-0.1, -0.05) is 29.8 Å². The summed E-state index contributed by atoms with van der Waals surface area (Å²) in [6.45, 7) is 0.584. The number of nitriles is 1. The van der Waals surface area contributed by atoms with Gasteiger partial charge in [0, 0.05) is 12.0 Å². The van der Waals surface area contributed by atoms with Crippen molar-refractivity contribution in [3.63, 3.8) is 0 Å². The van der Waals surface area contributed by atoms with E-state index >= 15 is 0 Å². The maximum Gasteiger partial charge on any atom is 0.162 e. The highest BCUT2D eigenvalue weighted by atomic mass is 35.5. The fourth-order valence-electron chi connectivity index (χ4n) is 2.32. The van der Waals surface area contributed by atoms with Crippen molar-refractivity contribution in [2.75, 3.05) is 11.9 Å². The van der Waals surface area contributed by atoms with Gasteiger partial charge in [0.05, 0.1) is 0 Å². The first-order chi connectivity index (χ1) is 9.66. The van der Waals surface area contributed by atoms with Gasteiger partial charge in [0.2, 0.25) is 0 Å². The number of aromatic nitrogens is 1. The molecule has 1 aliphatic rings. The number of hydrogen-bond donors (Lipinski definition) is 1. The van der Waals surface area contributed by atoms with Gasteiger partial charge in [0.15, 0.2) is 5.15 Å². The minimum atomic E-state index is -0.172. The average Bonchev–Trinajstić information content (AvgIpc) is 3.15. The van der Waals surface area contributed by atoms with Gasteiger partial charge >= 0.3 is 0 Å². The van der Waals surface area contributed by atoms with Crippen LogP contribution in [0.2, 0.25) is 5.15 Å². The molecule has 0 amide bonds. The highest BCUT2D eigenvalue weighted by Crippen LogP contribution is 2.49. The second-order valence-electron chi connectivity index (χ2n) is 4.90. The predicted molar refractivity (Wildman–Crippen MR) is 77.6 cm³/mol. The molecule has 0 spiro atoms. The first-order valence-electron chi connectivity index (χ1n) is 6.20. The molecule has 1 aliphatic carbocycles. The normalized spacial score (nSPS) is 15.7. The van der Waals surface area contributed by atoms with Crippen LogP contribution >= 0.6 is 23.1 Å². The molecule has 3 rings (SSSR count). The van der Waals surface area contributed by atoms with Gasteiger partial charge in [-0.2, -0.15) is 9.64 Å². The van der Waals surface area contributed by atoms with Gasteiger partial charge in [-0.15, -0.1) is 0 Å². The Bertz CT molecular complexity index is 688. The van der Waals surface area contributed by atoms with Crippen LogP contribution < -0.4 is 5.32 Å². The second-order valence-corrected chi connectivity index (χ2v) is 6.03. The molecule has 0 radical (unpaired) electrons. The topological polar surface area (TPSA) is 48.7 Å². The predicted octanol–water partition coefficient (Wildman–Crippen LogP) is 3.95. The third kappa shape index (κ3) is 2.26. The number of hydrogen-bond acceptors (Lipinski definition) is 4. The lowest BCUT2D eigenvalue weighted by Crippen LogP contribution is -2.20. The van der Waals surface area contributed by atoms with Crippen molar-refractivity contribution >= 4 is 28.1 Å². The third-order valence-electron chi connectivity index (χ3n) is 3.65. The maximum absolute atomic E-state index is 13.9. The summed E-state index contributed by atoms with van der Waals surface area (Å²) in [5.41, 5.74) is 0.928. The van der Waals surface area contributed by atoms with Crippen LogP contribution in [-0.4, -0.2) is 10.9 Å². The van der Waals surface area contributed by atoms with Crippen molar-refractivity contribution < 1.29 is 4.39 Å². The summed E-state index contributed by atoms with van der Waals surface area (Å²) in [4.78, 5) is 0. The lowest BCUT2D eigenvalue weighted by atomic mass is 9.95. The van der Waals surface area contributed by atoms with Gasteiger partial charge in [-0.25, -0.2) is 4.39 Å². The molecule has 20 heavy (non-hydrogen) atoms. The molecule has 0 atom stereocenters. The number of nitrogens with zero attached hydrogens (tertiary/aromatic N) is 2. The van der Waals surface area contributed by atoms with Crippen molar-refractivity contribution in [3.05, 3.63) is 46.4 Å². The molecule has 102 valence electrons. The minimum Gasteiger partial charge on any atom is -0.374 e. The molecule has 1 saturated carbocycles. The molecule has 1 fully saturated rings. The zero-order chi connectivity index (χ0) is 14.2. The van der Waals surface area contributed by atoms with Crippen LogP contribution in [0.25, 0.3) is 0 Å². The molecule has 0 aliphatic heterocycles. The van der Waals surface area contributed by atoms with E-state index in [4.69, 9.17) is 16.9 Å². The first-order valence-corrected chi connectivity index (χ1v) is 7.35. The number of halogens is 2. The Morgan fingerprint density at radius 1 is 1.45 bits per heavy atom. The number of anilines is 1. The van der Waals surface area contributed by atoms with Crippen LogP contribution in [0.5, 0.6) is 0 Å². The Morgan fingerprint density at radius 3 is 2.85 bits per heavy atom. The largest absolute Gasteiger partial charge is 0.374 e. The molecule has 2 aromatic rings. The maximum atomic E-state index is 13.9. The van der Waals surface area contributed by atoms with Crippen molar-refractivity contribution in [3.8, 4) is 6.07 Å². The van der Waals surface area contributed by atoms with E-state index in [-0.39, 0.29) is 16.4 Å². The fraction of sp³-hybridized carbons (Fsp3) is 0.286. The van der Waals surface area contributed by atoms with Crippen LogP contribution in [0.3, 0.4) is 0 Å². The molecule has 1 heterocycles. The summed E-state index contributed by atoms with van der Waals surface area (Å²) < 4.78 is 17.8. The van der Waals surface area contributed by atoms with Crippen molar-refractivity contribution in [2.45, 2.75) is 18.3 Å². The molecule has 1 aromatic carbocycles. The molecule has 6 heteroatoms. The SMILES string of the molecule is N#Cc1c(Cl)nsc1NCC1(c2ccccc2F)CC1. The summed E-state index contributed by atoms with van der Waals surface area (Å²) in [6, 6.07) is 8.89. The second kappa shape index (κ2) is 5.04. The monoisotopic (exact) mass is 307 g/mol. The minimum absolute atomic E-state index is 0.172. The smallest absolute Gasteiger partial charge is 0.162 e. The van der Waals surface area contributed by atoms with E-state index in [0.717, 1.165) is 29.9 Å². The zero-order valence-corrected chi connectivity index (χ0v) is 12.1. The zero-order valence-electron chi connectivity index (χ0n) is 10.5. The summed E-state index contributed by atoms with van der Waals surface area (Å²) >= 11 is 6.99. The molecule has 0 saturated heterocycles. The number of rotatable bonds is 4. The van der Waals surface area contributed by atoms with E-state index in [1.807, 2.05) is 18.2 Å². The van der Waals surface area contributed by atoms with Gasteiger partial charge in [-0.3, -0.25) is 0 Å². The molecule has 0 unspecified atom stereocenters. The summed E-state index contributed by atoms with van der Waals surface area (Å²) in [5.74, 6) is -0.172. The number of benzene rings is 1. The van der Waals surface area contributed by atoms with E-state index in [1.165, 1.54) is 6.07 Å². The van der Waals surface area contributed by atoms with Gasteiger partial charge < -0.3 is 5.32 Å². The summed E-state index contributed by atoms with van der Waals surface area (Å²) in [7, 11) is 0. The van der Waals surface area contributed by atoms with Crippen molar-refractivity contribution in [1.29, 1.82) is 5.26 Å². The molecular weight excluding hydrogens is 297 g/mol. The quantitative estimate of drug-likeness (QED) is 0.930. The van der Waals surface area contributed by atoms with Gasteiger partial charge in [0.25, 0.3) is 0 Å². The average molecular weight is 308 g/mol. The Morgan fingerprint density at radius 2 is 2.20 bits per heavy atom. The Labute approximate surface area is 125 Å². The lowest BCUT2D eigenvalue weighted by molar-refractivity contribution is 0.579. The first kappa shape index (κ1) is 13.3. The van der Waals surface area contributed by atoms with E-state index < -0.39 is 0 Å². The van der Waals surface area contributed by atoms with Crippen molar-refractivity contribution in [1.82, 2.24) is 4.37 Å². The third-order valence-corrected chi connectivity index (χ3v) is 4.83. The highest BCUT2D eigenvalue weighted by molar-refractivity contribution is 7.10. The standard InChI is InChI=1S/C14H11ClFN3S/c15-12-9(7-17)13(20-19-12)18-8-14(5-6-14)10-3-1-2-4-11(10)16/h1-4,18H,5-6,8H2. The summed E-state index contributed by atoms with van der Waals surface area (Å²) in [6.07, 6.45) is 1.88. The Kier molecular flexibility index (Phi) is 3.36. The van der Waals surface area contributed by atoms with E-state index in [9.17, 15) is 4.39 Å². The van der Waals surface area contributed by atoms with Crippen LogP contribution in [0.4, 0.5) is 9.39 Å². The molecule has 1 N–H and O–H groups in total. The Hall–Kier alpha value is -1.64. The van der Waals surface area contributed by atoms with Gasteiger partial charge in [0.1, 0.15) is 22.5 Å². The van der Waals surface area contributed by atoms with E-state index in [1.54, 1.807) is 6.07 Å². The fourth-order valence-corrected chi connectivity index (χ4v) is 3.25. The van der Waals surface area contributed by atoms with E-state index in [0.29, 0.717) is 17.1 Å². The molecule has 0 bridgehead atoms. The summed E-state index contributed by atoms with van der Waals surface area (Å²) in [5, 5.41) is 13.1. The van der Waals surface area contributed by atoms with Crippen LogP contribution in [0.15, 0.2) is 24.3 Å². The highest BCUT2D eigenvalue weighted by Gasteiger charge is 2.45. The van der Waals surface area contributed by atoms with Crippen molar-refractivity contribution in [2.24, 2.45) is 0 Å². The molecular formula is C14H11ClFN3S. The van der Waals surface area contributed by atoms with E-state index in [2.05, 4.69) is 9.69 Å². The molecule has 1 aromatic heterocycles. The Balaban J connectivity index is 1.79. The van der Waals surface area contributed by atoms with Crippen LogP contribution in [0, 0.1) is 17.1 Å². The van der Waals surface area contributed by atoms with Gasteiger partial charge in [-0.05, 0) is 36.0 Å². The lowest BCUT2D eigenvalue weighted by Gasteiger charge is -2.17. The number of nitrogens with one attached hydrogen (secondary N) is 1. The van der Waals surface area contributed by atoms with Crippen LogP contribution in [-0.2, 0) is 5.41 Å². The molecule has 3 nitrogen and oxygen atoms in total. The van der Waals surface area contributed by atoms with Crippen LogP contribution in [0.1, 0.15) is 24.0 Å².